The second-order valence-electron chi connectivity index (χ2n) is 4.24. The fourth-order valence-corrected chi connectivity index (χ4v) is 30.9. The molecule has 2 aliphatic rings. The Morgan fingerprint density at radius 1 is 0.421 bits per heavy atom. The van der Waals surface area contributed by atoms with Crippen LogP contribution >= 0.6 is 248 Å². The molecule has 1 N–H and O–H groups in total. The molecule has 3 unspecified atom stereocenters. The number of alkyl halides is 11. The van der Waals surface area contributed by atoms with E-state index in [0.29, 0.717) is 0 Å². The summed E-state index contributed by atoms with van der Waals surface area (Å²) in [7, 11) is 0. The Bertz CT molecular complexity index is 384. The Hall–Kier alpha value is 7.99. The van der Waals surface area contributed by atoms with Gasteiger partial charge in [-0.05, 0) is 22.6 Å². The van der Waals surface area contributed by atoms with Crippen LogP contribution in [0.25, 0.3) is 0 Å². The third kappa shape index (κ3) is 2.34. The fraction of sp³-hybridized carbons (Fsp3) is 1.00. The van der Waals surface area contributed by atoms with Gasteiger partial charge in [-0.15, -0.1) is 0 Å². The zero-order valence-electron chi connectivity index (χ0n) is 8.10. The molecule has 0 aromatic carbocycles. The van der Waals surface area contributed by atoms with Crippen LogP contribution in [0.2, 0.25) is 0 Å². The smallest absolute Gasteiger partial charge is 0.159 e. The molecule has 2 bridgehead atoms. The molecule has 2 saturated carbocycles. The van der Waals surface area contributed by atoms with Crippen molar-refractivity contribution in [2.45, 2.75) is 16.2 Å². The highest BCUT2D eigenvalue weighted by Crippen LogP contribution is 2.93. The monoisotopic (exact) mass is 1500 g/mol. The zero-order valence-corrected chi connectivity index (χ0v) is 31.8. The average Bonchev–Trinajstić information content (AvgIpc) is 2.32. The minimum absolute atomic E-state index is 0.0283. The van der Waals surface area contributed by atoms with Gasteiger partial charge in [-0.1, -0.05) is 226 Å². The van der Waals surface area contributed by atoms with Crippen molar-refractivity contribution in [3.8, 4) is 0 Å². The third-order valence-corrected chi connectivity index (χ3v) is 40.3. The van der Waals surface area contributed by atoms with E-state index >= 15 is 0 Å². The molecule has 112 valence electrons. The van der Waals surface area contributed by atoms with Gasteiger partial charge in [0, 0.05) is 0 Å². The van der Waals surface area contributed by atoms with Crippen molar-refractivity contribution in [1.82, 2.24) is 0 Å². The maximum Gasteiger partial charge on any atom is 0.159 e. The van der Waals surface area contributed by atoms with Crippen LogP contribution < -0.4 is 0 Å². The van der Waals surface area contributed by atoms with Gasteiger partial charge in [-0.25, -0.2) is 0 Å². The predicted octanol–water partition coefficient (Wildman–Crippen LogP) is 7.75. The van der Waals surface area contributed by atoms with Gasteiger partial charge in [0.2, 0.25) is 0 Å². The van der Waals surface area contributed by atoms with Crippen LogP contribution in [0, 0.1) is 0 Å². The molecular formula is C7HI11O. The first kappa shape index (κ1) is 23.3. The Labute approximate surface area is 262 Å². The van der Waals surface area contributed by atoms with E-state index in [2.05, 4.69) is 248 Å². The van der Waals surface area contributed by atoms with Crippen molar-refractivity contribution in [2.24, 2.45) is 0 Å². The summed E-state index contributed by atoms with van der Waals surface area (Å²) in [5.41, 5.74) is 0. The lowest BCUT2D eigenvalue weighted by atomic mass is 9.97. The largest absolute Gasteiger partial charge is 0.376 e. The van der Waals surface area contributed by atoms with Crippen LogP contribution in [0.15, 0.2) is 0 Å². The molecule has 2 aliphatic carbocycles. The lowest BCUT2D eigenvalue weighted by Gasteiger charge is -2.56. The zero-order chi connectivity index (χ0) is 15.5. The molecule has 1 nitrogen and oxygen atoms in total. The van der Waals surface area contributed by atoms with Crippen molar-refractivity contribution < 1.29 is 5.11 Å². The van der Waals surface area contributed by atoms with E-state index in [-0.39, 0.29) is 12.6 Å². The average molecular weight is 1500 g/mol. The first-order valence-corrected chi connectivity index (χ1v) is 16.2. The van der Waals surface area contributed by atoms with E-state index in [1.54, 1.807) is 0 Å². The molecule has 0 aromatic rings. The highest BCUT2D eigenvalue weighted by molar-refractivity contribution is 14.2. The summed E-state index contributed by atoms with van der Waals surface area (Å²) >= 11 is 28.0. The summed E-state index contributed by atoms with van der Waals surface area (Å²) < 4.78 is -1.43. The van der Waals surface area contributed by atoms with Crippen LogP contribution in [-0.4, -0.2) is 21.3 Å². The highest BCUT2D eigenvalue weighted by atomic mass is 127. The molecule has 0 spiro atoms. The predicted molar refractivity (Wildman–Crippen MR) is 176 cm³/mol. The van der Waals surface area contributed by atoms with Gasteiger partial charge in [0.25, 0.3) is 0 Å². The molecule has 3 atom stereocenters. The van der Waals surface area contributed by atoms with Gasteiger partial charge >= 0.3 is 0 Å². The third-order valence-electron chi connectivity index (χ3n) is 3.43. The number of hydrogen-bond acceptors (Lipinski definition) is 1. The molecular weight excluding hydrogens is 1500 g/mol. The molecule has 0 heterocycles. The van der Waals surface area contributed by atoms with E-state index in [9.17, 15) is 5.11 Å². The molecule has 0 saturated heterocycles. The molecule has 19 heavy (non-hydrogen) atoms. The van der Waals surface area contributed by atoms with Crippen LogP contribution in [0.1, 0.15) is 0 Å². The number of rotatable bonds is 0. The van der Waals surface area contributed by atoms with Gasteiger partial charge in [0.15, 0.2) is 3.61 Å². The minimum atomic E-state index is -0.786. The number of hydrogen-bond donors (Lipinski definition) is 1. The summed E-state index contributed by atoms with van der Waals surface area (Å²) in [6.45, 7) is 0. The first-order valence-electron chi connectivity index (χ1n) is 4.30. The van der Waals surface area contributed by atoms with Crippen LogP contribution in [0.3, 0.4) is 0 Å². The van der Waals surface area contributed by atoms with Crippen molar-refractivity contribution in [3.63, 3.8) is 0 Å². The number of fused-ring (bicyclic) bond motifs is 2. The van der Waals surface area contributed by atoms with Crippen molar-refractivity contribution in [3.05, 3.63) is 0 Å². The fourth-order valence-electron chi connectivity index (χ4n) is 2.32. The minimum Gasteiger partial charge on any atom is -0.376 e. The Morgan fingerprint density at radius 2 is 0.737 bits per heavy atom. The molecule has 0 aliphatic heterocycles. The quantitative estimate of drug-likeness (QED) is 0.195. The second kappa shape index (κ2) is 6.49. The number of aliphatic hydroxyl groups is 1. The maximum atomic E-state index is 11.5. The number of halogens is 11. The lowest BCUT2D eigenvalue weighted by Crippen LogP contribution is -2.70. The lowest BCUT2D eigenvalue weighted by molar-refractivity contribution is 0.132. The molecule has 2 fully saturated rings. The van der Waals surface area contributed by atoms with Crippen LogP contribution in [-0.2, 0) is 0 Å². The van der Waals surface area contributed by atoms with Gasteiger partial charge in [-0.2, -0.15) is 0 Å². The van der Waals surface area contributed by atoms with E-state index in [0.717, 1.165) is 0 Å². The highest BCUT2D eigenvalue weighted by Gasteiger charge is 3.00. The molecule has 0 radical (unpaired) electrons. The Balaban J connectivity index is 2.99. The van der Waals surface area contributed by atoms with Crippen molar-refractivity contribution in [1.29, 1.82) is 0 Å². The van der Waals surface area contributed by atoms with E-state index < -0.39 is 3.61 Å². The van der Waals surface area contributed by atoms with E-state index in [4.69, 9.17) is 0 Å². The van der Waals surface area contributed by atoms with Gasteiger partial charge in [0.1, 0.15) is 12.6 Å². The molecule has 0 amide bonds. The maximum absolute atomic E-state index is 11.5. The second-order valence-corrected chi connectivity index (χ2v) is 30.2. The normalized spacial score (nSPS) is 52.4. The van der Waals surface area contributed by atoms with E-state index in [1.807, 2.05) is 0 Å². The van der Waals surface area contributed by atoms with Crippen molar-refractivity contribution in [2.75, 3.05) is 0 Å². The standard InChI is InChI=1S/C7HI11O/c8-1-3(10,11)2(9,5(14,15)4(1,12)13)7(18,19)6(1,16)17/h19H. The first-order chi connectivity index (χ1) is 8.00. The van der Waals surface area contributed by atoms with Crippen LogP contribution in [0.4, 0.5) is 0 Å². The molecule has 12 heteroatoms. The summed E-state index contributed by atoms with van der Waals surface area (Å²) in [5.74, 6) is 0. The summed E-state index contributed by atoms with van der Waals surface area (Å²) in [5, 5.41) is 11.5. The Morgan fingerprint density at radius 3 is 1.00 bits per heavy atom. The Kier molecular flexibility index (Phi) is 7.95. The molecule has 0 aromatic heterocycles. The summed E-state index contributed by atoms with van der Waals surface area (Å²) in [4.78, 5) is 0. The van der Waals surface area contributed by atoms with Gasteiger partial charge < -0.3 is 5.11 Å². The summed E-state index contributed by atoms with van der Waals surface area (Å²) in [6, 6.07) is 0. The SMILES string of the molecule is OC1(I)C(I)(I)C2(I)C(I)(I)C(I)(I)C1(I)C2(I)I. The van der Waals surface area contributed by atoms with E-state index in [1.165, 1.54) is 0 Å². The van der Waals surface area contributed by atoms with Crippen LogP contribution in [0.5, 0.6) is 0 Å². The van der Waals surface area contributed by atoms with Gasteiger partial charge in [-0.3, -0.25) is 0 Å². The topological polar surface area (TPSA) is 20.2 Å². The molecule has 2 rings (SSSR count). The van der Waals surface area contributed by atoms with Crippen molar-refractivity contribution >= 4 is 248 Å². The van der Waals surface area contributed by atoms with Gasteiger partial charge in [0.05, 0.1) is 0 Å². The summed E-state index contributed by atoms with van der Waals surface area (Å²) in [6.07, 6.45) is 0.